The summed E-state index contributed by atoms with van der Waals surface area (Å²) in [5.41, 5.74) is 0. The second-order valence-corrected chi connectivity index (χ2v) is 7.59. The highest BCUT2D eigenvalue weighted by Crippen LogP contribution is 2.23. The second-order valence-electron chi connectivity index (χ2n) is 5.88. The maximum Gasteiger partial charge on any atom is 0.322 e. The van der Waals surface area contributed by atoms with Crippen LogP contribution in [0.5, 0.6) is 11.5 Å². The number of carbonyl (C=O) groups is 2. The van der Waals surface area contributed by atoms with Gasteiger partial charge in [0, 0.05) is 6.04 Å². The first-order valence-corrected chi connectivity index (χ1v) is 9.40. The van der Waals surface area contributed by atoms with Gasteiger partial charge in [-0.05, 0) is 55.5 Å². The van der Waals surface area contributed by atoms with E-state index in [2.05, 4.69) is 10.0 Å². The van der Waals surface area contributed by atoms with Crippen molar-refractivity contribution in [1.29, 1.82) is 0 Å². The van der Waals surface area contributed by atoms with Crippen molar-refractivity contribution >= 4 is 22.0 Å². The van der Waals surface area contributed by atoms with Crippen LogP contribution in [0.15, 0.2) is 53.4 Å². The fourth-order valence-corrected chi connectivity index (χ4v) is 3.75. The summed E-state index contributed by atoms with van der Waals surface area (Å²) >= 11 is 0. The number of carbonyl (C=O) groups excluding carboxylic acids is 2. The molecule has 1 heterocycles. The SMILES string of the molecule is C[C@@H](NS(=O)(=O)c1ccc(Oc2ccc(F)cc2)cc1)C1NC(=O)NC1=O. The zero-order chi connectivity index (χ0) is 19.6. The molecule has 8 nitrogen and oxygen atoms in total. The fraction of sp³-hybridized carbons (Fsp3) is 0.176. The highest BCUT2D eigenvalue weighted by molar-refractivity contribution is 7.89. The summed E-state index contributed by atoms with van der Waals surface area (Å²) < 4.78 is 45.7. The lowest BCUT2D eigenvalue weighted by Gasteiger charge is -2.18. The van der Waals surface area contributed by atoms with E-state index >= 15 is 0 Å². The van der Waals surface area contributed by atoms with E-state index in [9.17, 15) is 22.4 Å². The van der Waals surface area contributed by atoms with E-state index in [0.717, 1.165) is 0 Å². The van der Waals surface area contributed by atoms with Crippen molar-refractivity contribution in [3.8, 4) is 11.5 Å². The fourth-order valence-electron chi connectivity index (χ4n) is 2.49. The van der Waals surface area contributed by atoms with Crippen LogP contribution in [0, 0.1) is 5.82 Å². The smallest absolute Gasteiger partial charge is 0.322 e. The van der Waals surface area contributed by atoms with Crippen LogP contribution in [0.3, 0.4) is 0 Å². The van der Waals surface area contributed by atoms with Crippen LogP contribution in [0.25, 0.3) is 0 Å². The number of benzene rings is 2. The largest absolute Gasteiger partial charge is 0.457 e. The first-order valence-electron chi connectivity index (χ1n) is 7.92. The van der Waals surface area contributed by atoms with Gasteiger partial charge in [-0.25, -0.2) is 22.3 Å². The number of rotatable bonds is 6. The van der Waals surface area contributed by atoms with Crippen LogP contribution >= 0.6 is 0 Å². The number of hydrogen-bond acceptors (Lipinski definition) is 5. The molecule has 0 spiro atoms. The molecule has 0 aromatic heterocycles. The van der Waals surface area contributed by atoms with Gasteiger partial charge in [-0.1, -0.05) is 0 Å². The molecule has 0 bridgehead atoms. The van der Waals surface area contributed by atoms with Gasteiger partial charge >= 0.3 is 6.03 Å². The third kappa shape index (κ3) is 4.41. The number of imide groups is 1. The first kappa shape index (κ1) is 18.8. The Bertz CT molecular complexity index is 961. The highest BCUT2D eigenvalue weighted by Gasteiger charge is 2.36. The quantitative estimate of drug-likeness (QED) is 0.644. The van der Waals surface area contributed by atoms with E-state index < -0.39 is 39.9 Å². The number of hydrogen-bond donors (Lipinski definition) is 3. The maximum atomic E-state index is 12.9. The van der Waals surface area contributed by atoms with E-state index in [-0.39, 0.29) is 4.90 Å². The zero-order valence-electron chi connectivity index (χ0n) is 14.1. The molecule has 3 amide bonds. The molecular formula is C17H16FN3O5S. The normalized spacial score (nSPS) is 17.9. The molecule has 3 N–H and O–H groups in total. The van der Waals surface area contributed by atoms with Crippen molar-refractivity contribution in [2.75, 3.05) is 0 Å². The number of ether oxygens (including phenoxy) is 1. The Morgan fingerprint density at radius 2 is 1.59 bits per heavy atom. The van der Waals surface area contributed by atoms with Crippen molar-refractivity contribution < 1.29 is 27.1 Å². The van der Waals surface area contributed by atoms with Crippen LogP contribution in [0.2, 0.25) is 0 Å². The molecule has 1 unspecified atom stereocenters. The molecule has 1 fully saturated rings. The Balaban J connectivity index is 1.68. The van der Waals surface area contributed by atoms with Crippen LogP contribution < -0.4 is 20.1 Å². The number of nitrogens with one attached hydrogen (secondary N) is 3. The summed E-state index contributed by atoms with van der Waals surface area (Å²) in [6.45, 7) is 1.47. The van der Waals surface area contributed by atoms with E-state index in [1.165, 1.54) is 55.5 Å². The molecule has 10 heteroatoms. The van der Waals surface area contributed by atoms with Crippen molar-refractivity contribution in [2.24, 2.45) is 0 Å². The lowest BCUT2D eigenvalue weighted by atomic mass is 10.1. The molecular weight excluding hydrogens is 377 g/mol. The van der Waals surface area contributed by atoms with Crippen molar-refractivity contribution in [2.45, 2.75) is 23.9 Å². The van der Waals surface area contributed by atoms with E-state index in [4.69, 9.17) is 4.74 Å². The standard InChI is InChI=1S/C17H16FN3O5S/c1-10(15-16(22)20-17(23)19-15)21-27(24,25)14-8-6-13(7-9-14)26-12-4-2-11(18)3-5-12/h2-10,15,21H,1H3,(H2,19,20,22,23)/t10-,15?/m1/s1. The lowest BCUT2D eigenvalue weighted by Crippen LogP contribution is -2.49. The summed E-state index contributed by atoms with van der Waals surface area (Å²) in [6.07, 6.45) is 0. The van der Waals surface area contributed by atoms with Crippen molar-refractivity contribution in [3.63, 3.8) is 0 Å². The summed E-state index contributed by atoms with van der Waals surface area (Å²) in [7, 11) is -3.92. The average molecular weight is 393 g/mol. The minimum atomic E-state index is -3.92. The Labute approximate surface area is 154 Å². The molecule has 0 radical (unpaired) electrons. The highest BCUT2D eigenvalue weighted by atomic mass is 32.2. The Kier molecular flexibility index (Phi) is 5.10. The molecule has 2 aromatic rings. The van der Waals surface area contributed by atoms with E-state index in [0.29, 0.717) is 11.5 Å². The third-order valence-electron chi connectivity index (χ3n) is 3.83. The molecule has 1 aliphatic heterocycles. The third-order valence-corrected chi connectivity index (χ3v) is 5.41. The number of urea groups is 1. The first-order chi connectivity index (χ1) is 12.7. The van der Waals surface area contributed by atoms with Crippen LogP contribution in [-0.2, 0) is 14.8 Å². The topological polar surface area (TPSA) is 114 Å². The van der Waals surface area contributed by atoms with Gasteiger partial charge in [0.2, 0.25) is 10.0 Å². The maximum absolute atomic E-state index is 12.9. The molecule has 0 aliphatic carbocycles. The summed E-state index contributed by atoms with van der Waals surface area (Å²) in [5.74, 6) is -0.216. The van der Waals surface area contributed by atoms with E-state index in [1.54, 1.807) is 0 Å². The molecule has 27 heavy (non-hydrogen) atoms. The number of sulfonamides is 1. The Morgan fingerprint density at radius 3 is 2.11 bits per heavy atom. The molecule has 0 saturated carbocycles. The van der Waals surface area contributed by atoms with Crippen molar-refractivity contribution in [3.05, 3.63) is 54.3 Å². The van der Waals surface area contributed by atoms with Crippen LogP contribution in [-0.4, -0.2) is 32.4 Å². The van der Waals surface area contributed by atoms with Crippen molar-refractivity contribution in [1.82, 2.24) is 15.4 Å². The molecule has 3 rings (SSSR count). The van der Waals surface area contributed by atoms with Gasteiger partial charge in [0.15, 0.2) is 0 Å². The molecule has 2 atom stereocenters. The average Bonchev–Trinajstić information content (AvgIpc) is 2.95. The Morgan fingerprint density at radius 1 is 1.04 bits per heavy atom. The molecule has 2 aromatic carbocycles. The number of amides is 3. The van der Waals surface area contributed by atoms with Gasteiger partial charge in [-0.3, -0.25) is 10.1 Å². The van der Waals surface area contributed by atoms with Gasteiger partial charge in [-0.2, -0.15) is 0 Å². The minimum Gasteiger partial charge on any atom is -0.457 e. The molecule has 1 saturated heterocycles. The lowest BCUT2D eigenvalue weighted by molar-refractivity contribution is -0.120. The predicted octanol–water partition coefficient (Wildman–Crippen LogP) is 1.49. The van der Waals surface area contributed by atoms with Crippen LogP contribution in [0.1, 0.15) is 6.92 Å². The van der Waals surface area contributed by atoms with E-state index in [1.807, 2.05) is 5.32 Å². The predicted molar refractivity (Wildman–Crippen MR) is 93.2 cm³/mol. The Hall–Kier alpha value is -2.98. The minimum absolute atomic E-state index is 0.0365. The van der Waals surface area contributed by atoms with Gasteiger partial charge in [-0.15, -0.1) is 0 Å². The van der Waals surface area contributed by atoms with Gasteiger partial charge in [0.05, 0.1) is 4.90 Å². The number of halogens is 1. The van der Waals surface area contributed by atoms with Gasteiger partial charge in [0.1, 0.15) is 23.4 Å². The zero-order valence-corrected chi connectivity index (χ0v) is 14.9. The summed E-state index contributed by atoms with van der Waals surface area (Å²) in [6, 6.07) is 8.45. The van der Waals surface area contributed by atoms with Gasteiger partial charge < -0.3 is 10.1 Å². The molecule has 1 aliphatic rings. The summed E-state index contributed by atoms with van der Waals surface area (Å²) in [5, 5.41) is 4.39. The van der Waals surface area contributed by atoms with Crippen LogP contribution in [0.4, 0.5) is 9.18 Å². The summed E-state index contributed by atoms with van der Waals surface area (Å²) in [4.78, 5) is 22.7. The monoisotopic (exact) mass is 393 g/mol. The van der Waals surface area contributed by atoms with Gasteiger partial charge in [0.25, 0.3) is 5.91 Å². The molecule has 142 valence electrons. The second kappa shape index (κ2) is 7.33.